The maximum atomic E-state index is 13.9. The molecule has 3 aromatic rings. The van der Waals surface area contributed by atoms with E-state index in [1.54, 1.807) is 12.1 Å². The van der Waals surface area contributed by atoms with Gasteiger partial charge >= 0.3 is 0 Å². The van der Waals surface area contributed by atoms with Crippen molar-refractivity contribution in [3.05, 3.63) is 95.8 Å². The van der Waals surface area contributed by atoms with Crippen molar-refractivity contribution < 1.29 is 22.4 Å². The fourth-order valence-corrected chi connectivity index (χ4v) is 5.59. The summed E-state index contributed by atoms with van der Waals surface area (Å²) in [4.78, 5) is 28.5. The number of nitrogens with one attached hydrogen (secondary N) is 1. The number of hydrogen-bond donors (Lipinski definition) is 1. The molecule has 0 fully saturated rings. The maximum absolute atomic E-state index is 13.9. The van der Waals surface area contributed by atoms with Crippen LogP contribution in [0.4, 0.5) is 10.1 Å². The summed E-state index contributed by atoms with van der Waals surface area (Å²) in [5, 5.41) is 2.90. The standard InChI is InChI=1S/C30H36FN3O4S/c1-4-6-20-32-30(36)28(5-2)33(21-24-10-8-7-9-11-24)29(35)22-34(26-16-14-25(31)15-17-26)39(37,38)27-18-12-23(3)13-19-27/h7-19,28H,4-6,20-22H2,1-3H3,(H,32,36)/t28-/m1/s1. The van der Waals surface area contributed by atoms with Crippen molar-refractivity contribution in [3.8, 4) is 0 Å². The molecule has 208 valence electrons. The van der Waals surface area contributed by atoms with E-state index in [0.29, 0.717) is 13.0 Å². The van der Waals surface area contributed by atoms with E-state index < -0.39 is 34.3 Å². The van der Waals surface area contributed by atoms with Gasteiger partial charge in [-0.05, 0) is 61.7 Å². The lowest BCUT2D eigenvalue weighted by Crippen LogP contribution is -2.52. The maximum Gasteiger partial charge on any atom is 0.264 e. The van der Waals surface area contributed by atoms with Gasteiger partial charge in [-0.2, -0.15) is 0 Å². The lowest BCUT2D eigenvalue weighted by atomic mass is 10.1. The fourth-order valence-electron chi connectivity index (χ4n) is 4.18. The van der Waals surface area contributed by atoms with Crippen LogP contribution >= 0.6 is 0 Å². The largest absolute Gasteiger partial charge is 0.354 e. The number of rotatable bonds is 13. The summed E-state index contributed by atoms with van der Waals surface area (Å²) in [5.41, 5.74) is 1.83. The Morgan fingerprint density at radius 2 is 1.56 bits per heavy atom. The summed E-state index contributed by atoms with van der Waals surface area (Å²) in [7, 11) is -4.19. The number of sulfonamides is 1. The molecule has 1 N–H and O–H groups in total. The quantitative estimate of drug-likeness (QED) is 0.300. The smallest absolute Gasteiger partial charge is 0.264 e. The van der Waals surface area contributed by atoms with E-state index in [1.165, 1.54) is 29.2 Å². The number of carbonyl (C=O) groups excluding carboxylic acids is 2. The molecule has 0 unspecified atom stereocenters. The Kier molecular flexibility index (Phi) is 10.6. The Balaban J connectivity index is 2.01. The predicted octanol–water partition coefficient (Wildman–Crippen LogP) is 5.05. The van der Waals surface area contributed by atoms with Crippen molar-refractivity contribution >= 4 is 27.5 Å². The third-order valence-corrected chi connectivity index (χ3v) is 8.20. The van der Waals surface area contributed by atoms with Crippen molar-refractivity contribution in [2.24, 2.45) is 0 Å². The first kappa shape index (κ1) is 29.8. The first-order valence-electron chi connectivity index (χ1n) is 13.1. The molecule has 0 saturated carbocycles. The van der Waals surface area contributed by atoms with Gasteiger partial charge in [0, 0.05) is 13.1 Å². The first-order valence-corrected chi connectivity index (χ1v) is 14.6. The van der Waals surface area contributed by atoms with E-state index >= 15 is 0 Å². The van der Waals surface area contributed by atoms with E-state index in [9.17, 15) is 22.4 Å². The molecule has 0 radical (unpaired) electrons. The van der Waals surface area contributed by atoms with Crippen molar-refractivity contribution in [2.45, 2.75) is 57.5 Å². The molecule has 2 amide bonds. The molecule has 0 aliphatic heterocycles. The minimum atomic E-state index is -4.19. The molecular weight excluding hydrogens is 517 g/mol. The second kappa shape index (κ2) is 13.9. The van der Waals surface area contributed by atoms with Crippen LogP contribution in [0.3, 0.4) is 0 Å². The van der Waals surface area contributed by atoms with Gasteiger partial charge in [0.25, 0.3) is 10.0 Å². The lowest BCUT2D eigenvalue weighted by molar-refractivity contribution is -0.140. The second-order valence-corrected chi connectivity index (χ2v) is 11.2. The Morgan fingerprint density at radius 3 is 2.15 bits per heavy atom. The van der Waals surface area contributed by atoms with Crippen LogP contribution in [0.2, 0.25) is 0 Å². The number of benzene rings is 3. The Bertz CT molecular complexity index is 1330. The third kappa shape index (κ3) is 7.89. The molecule has 0 heterocycles. The molecule has 0 aromatic heterocycles. The molecule has 7 nitrogen and oxygen atoms in total. The van der Waals surface area contributed by atoms with Crippen molar-refractivity contribution in [1.29, 1.82) is 0 Å². The van der Waals surface area contributed by atoms with Gasteiger partial charge in [-0.25, -0.2) is 12.8 Å². The highest BCUT2D eigenvalue weighted by Gasteiger charge is 2.33. The molecule has 3 rings (SSSR count). The van der Waals surface area contributed by atoms with Gasteiger partial charge in [-0.3, -0.25) is 13.9 Å². The van der Waals surface area contributed by atoms with Crippen LogP contribution in [0.25, 0.3) is 0 Å². The lowest BCUT2D eigenvalue weighted by Gasteiger charge is -2.33. The summed E-state index contributed by atoms with van der Waals surface area (Å²) < 4.78 is 42.2. The molecular formula is C30H36FN3O4S. The van der Waals surface area contributed by atoms with Gasteiger partial charge in [0.05, 0.1) is 10.6 Å². The Hall–Kier alpha value is -3.72. The van der Waals surface area contributed by atoms with Crippen molar-refractivity contribution in [3.63, 3.8) is 0 Å². The van der Waals surface area contributed by atoms with Gasteiger partial charge in [-0.15, -0.1) is 0 Å². The number of hydrogen-bond acceptors (Lipinski definition) is 4. The molecule has 3 aromatic carbocycles. The fraction of sp³-hybridized carbons (Fsp3) is 0.333. The van der Waals surface area contributed by atoms with Crippen LogP contribution in [0, 0.1) is 12.7 Å². The monoisotopic (exact) mass is 553 g/mol. The van der Waals surface area contributed by atoms with Gasteiger partial charge in [0.1, 0.15) is 18.4 Å². The highest BCUT2D eigenvalue weighted by atomic mass is 32.2. The molecule has 1 atom stereocenters. The van der Waals surface area contributed by atoms with Gasteiger partial charge in [0.15, 0.2) is 0 Å². The highest BCUT2D eigenvalue weighted by molar-refractivity contribution is 7.92. The van der Waals surface area contributed by atoms with Crippen LogP contribution in [0.15, 0.2) is 83.8 Å². The molecule has 39 heavy (non-hydrogen) atoms. The second-order valence-electron chi connectivity index (χ2n) is 9.38. The average molecular weight is 554 g/mol. The Morgan fingerprint density at radius 1 is 0.923 bits per heavy atom. The van der Waals surface area contributed by atoms with Crippen LogP contribution in [-0.4, -0.2) is 44.3 Å². The normalized spacial score (nSPS) is 12.0. The predicted molar refractivity (Wildman–Crippen MR) is 151 cm³/mol. The molecule has 9 heteroatoms. The number of anilines is 1. The molecule has 0 spiro atoms. The summed E-state index contributed by atoms with van der Waals surface area (Å²) >= 11 is 0. The van der Waals surface area contributed by atoms with E-state index in [0.717, 1.165) is 40.4 Å². The summed E-state index contributed by atoms with van der Waals surface area (Å²) in [5.74, 6) is -1.36. The highest BCUT2D eigenvalue weighted by Crippen LogP contribution is 2.25. The van der Waals surface area contributed by atoms with E-state index in [-0.39, 0.29) is 23.0 Å². The van der Waals surface area contributed by atoms with E-state index in [1.807, 2.05) is 51.1 Å². The summed E-state index contributed by atoms with van der Waals surface area (Å²) in [6.45, 7) is 5.73. The summed E-state index contributed by atoms with van der Waals surface area (Å²) in [6, 6.07) is 19.7. The number of amides is 2. The van der Waals surface area contributed by atoms with Gasteiger partial charge in [-0.1, -0.05) is 68.3 Å². The number of halogens is 1. The zero-order valence-corrected chi connectivity index (χ0v) is 23.5. The zero-order valence-electron chi connectivity index (χ0n) is 22.6. The minimum Gasteiger partial charge on any atom is -0.354 e. The molecule has 0 aliphatic carbocycles. The Labute approximate surface area is 230 Å². The topological polar surface area (TPSA) is 86.8 Å². The van der Waals surface area contributed by atoms with Crippen LogP contribution < -0.4 is 9.62 Å². The van der Waals surface area contributed by atoms with Crippen LogP contribution in [0.5, 0.6) is 0 Å². The number of carbonyl (C=O) groups is 2. The number of nitrogens with zero attached hydrogens (tertiary/aromatic N) is 2. The average Bonchev–Trinajstić information content (AvgIpc) is 2.93. The molecule has 0 aliphatic rings. The molecule has 0 bridgehead atoms. The first-order chi connectivity index (χ1) is 18.7. The zero-order chi connectivity index (χ0) is 28.4. The minimum absolute atomic E-state index is 0.00387. The van der Waals surface area contributed by atoms with Crippen LogP contribution in [-0.2, 0) is 26.2 Å². The van der Waals surface area contributed by atoms with Gasteiger partial charge < -0.3 is 10.2 Å². The van der Waals surface area contributed by atoms with E-state index in [2.05, 4.69) is 5.32 Å². The third-order valence-electron chi connectivity index (χ3n) is 6.41. The van der Waals surface area contributed by atoms with Gasteiger partial charge in [0.2, 0.25) is 11.8 Å². The molecule has 0 saturated heterocycles. The van der Waals surface area contributed by atoms with Crippen LogP contribution in [0.1, 0.15) is 44.2 Å². The number of aryl methyl sites for hydroxylation is 1. The SMILES string of the molecule is CCCCNC(=O)[C@@H](CC)N(Cc1ccccc1)C(=O)CN(c1ccc(F)cc1)S(=O)(=O)c1ccc(C)cc1. The van der Waals surface area contributed by atoms with Crippen molar-refractivity contribution in [2.75, 3.05) is 17.4 Å². The van der Waals surface area contributed by atoms with Crippen molar-refractivity contribution in [1.82, 2.24) is 10.2 Å². The number of unbranched alkanes of at least 4 members (excludes halogenated alkanes) is 1. The summed E-state index contributed by atoms with van der Waals surface area (Å²) in [6.07, 6.45) is 2.06. The van der Waals surface area contributed by atoms with E-state index in [4.69, 9.17) is 0 Å².